The molecule has 5 rings (SSSR count). The maximum atomic E-state index is 6.17. The van der Waals surface area contributed by atoms with E-state index in [9.17, 15) is 0 Å². The number of aliphatic imine (C=N–C) groups is 1. The second kappa shape index (κ2) is 7.59. The summed E-state index contributed by atoms with van der Waals surface area (Å²) in [5.74, 6) is 2.25. The fourth-order valence-electron chi connectivity index (χ4n) is 3.61. The summed E-state index contributed by atoms with van der Waals surface area (Å²) in [6.45, 7) is 4.87. The van der Waals surface area contributed by atoms with Gasteiger partial charge < -0.3 is 19.2 Å². The molecule has 0 unspecified atom stereocenters. The summed E-state index contributed by atoms with van der Waals surface area (Å²) in [4.78, 5) is 8.26. The van der Waals surface area contributed by atoms with Crippen LogP contribution in [-0.2, 0) is 11.3 Å². The average Bonchev–Trinajstić information content (AvgIpc) is 3.46. The molecule has 5 heteroatoms. The first-order chi connectivity index (χ1) is 14.7. The zero-order chi connectivity index (χ0) is 20.5. The lowest BCUT2D eigenvalue weighted by atomic mass is 10.1. The molecule has 0 aliphatic carbocycles. The van der Waals surface area contributed by atoms with E-state index in [0.717, 1.165) is 51.2 Å². The third-order valence-corrected chi connectivity index (χ3v) is 5.14. The van der Waals surface area contributed by atoms with E-state index >= 15 is 0 Å². The van der Waals surface area contributed by atoms with Crippen LogP contribution in [0, 0.1) is 13.8 Å². The minimum atomic E-state index is 0.253. The fraction of sp³-hybridized carbons (Fsp3) is 0.160. The number of aryl methyl sites for hydroxylation is 2. The topological polar surface area (TPSA) is 55.8 Å². The largest absolute Gasteiger partial charge is 0.487 e. The molecule has 0 spiro atoms. The highest BCUT2D eigenvalue weighted by Gasteiger charge is 2.21. The number of aromatic amines is 1. The number of ether oxygens (including phenoxy) is 3. The molecule has 5 nitrogen and oxygen atoms in total. The first kappa shape index (κ1) is 18.3. The van der Waals surface area contributed by atoms with Crippen molar-refractivity contribution in [3.05, 3.63) is 100 Å². The number of allylic oxidation sites excluding steroid dienone is 1. The van der Waals surface area contributed by atoms with Gasteiger partial charge in [0.2, 0.25) is 6.79 Å². The number of rotatable bonds is 5. The molecule has 3 aromatic rings. The Morgan fingerprint density at radius 2 is 1.87 bits per heavy atom. The second-order valence-corrected chi connectivity index (χ2v) is 7.43. The number of benzene rings is 2. The first-order valence-corrected chi connectivity index (χ1v) is 9.91. The number of fused-ring (bicyclic) bond motifs is 1. The van der Waals surface area contributed by atoms with Crippen LogP contribution in [0.4, 0.5) is 0 Å². The van der Waals surface area contributed by atoms with Gasteiger partial charge in [0.05, 0.1) is 5.71 Å². The fourth-order valence-corrected chi connectivity index (χ4v) is 3.61. The molecule has 0 radical (unpaired) electrons. The van der Waals surface area contributed by atoms with Crippen molar-refractivity contribution in [1.29, 1.82) is 0 Å². The van der Waals surface area contributed by atoms with Crippen LogP contribution in [0.15, 0.2) is 77.1 Å². The van der Waals surface area contributed by atoms with E-state index in [1.165, 1.54) is 5.56 Å². The van der Waals surface area contributed by atoms with Crippen molar-refractivity contribution in [2.45, 2.75) is 20.5 Å². The zero-order valence-electron chi connectivity index (χ0n) is 16.9. The molecule has 0 atom stereocenters. The molecular weight excluding hydrogens is 376 g/mol. The Bertz CT molecular complexity index is 1190. The Labute approximate surface area is 175 Å². The summed E-state index contributed by atoms with van der Waals surface area (Å²) >= 11 is 0. The van der Waals surface area contributed by atoms with E-state index in [0.29, 0.717) is 6.61 Å². The molecule has 3 heterocycles. The summed E-state index contributed by atoms with van der Waals surface area (Å²) in [7, 11) is 0. The smallest absolute Gasteiger partial charge is 0.231 e. The van der Waals surface area contributed by atoms with Gasteiger partial charge in [0.15, 0.2) is 11.5 Å². The highest BCUT2D eigenvalue weighted by atomic mass is 16.7. The normalized spacial score (nSPS) is 16.0. The summed E-state index contributed by atoms with van der Waals surface area (Å²) in [6, 6.07) is 18.1. The van der Waals surface area contributed by atoms with Crippen molar-refractivity contribution >= 4 is 11.8 Å². The Morgan fingerprint density at radius 3 is 2.67 bits per heavy atom. The van der Waals surface area contributed by atoms with Gasteiger partial charge in [0.1, 0.15) is 18.1 Å². The van der Waals surface area contributed by atoms with Gasteiger partial charge >= 0.3 is 0 Å². The molecule has 0 bridgehead atoms. The molecule has 0 fully saturated rings. The Hall–Kier alpha value is -3.73. The maximum Gasteiger partial charge on any atom is 0.231 e. The molecule has 1 N–H and O–H groups in total. The number of H-pyrrole nitrogens is 1. The summed E-state index contributed by atoms with van der Waals surface area (Å²) in [6.07, 6.45) is 4.02. The van der Waals surface area contributed by atoms with Gasteiger partial charge in [-0.1, -0.05) is 30.3 Å². The van der Waals surface area contributed by atoms with Crippen molar-refractivity contribution in [2.75, 3.05) is 6.79 Å². The lowest BCUT2D eigenvalue weighted by molar-refractivity contribution is 0.174. The lowest BCUT2D eigenvalue weighted by Crippen LogP contribution is -1.95. The van der Waals surface area contributed by atoms with Crippen molar-refractivity contribution in [3.8, 4) is 11.5 Å². The van der Waals surface area contributed by atoms with Crippen LogP contribution < -0.4 is 9.47 Å². The van der Waals surface area contributed by atoms with E-state index < -0.39 is 0 Å². The van der Waals surface area contributed by atoms with Gasteiger partial charge in [-0.05, 0) is 55.3 Å². The summed E-state index contributed by atoms with van der Waals surface area (Å²) < 4.78 is 17.1. The highest BCUT2D eigenvalue weighted by molar-refractivity contribution is 6.12. The number of hydrogen-bond acceptors (Lipinski definition) is 4. The molecule has 2 aliphatic heterocycles. The van der Waals surface area contributed by atoms with E-state index in [1.807, 2.05) is 55.5 Å². The monoisotopic (exact) mass is 398 g/mol. The van der Waals surface area contributed by atoms with Crippen molar-refractivity contribution < 1.29 is 14.2 Å². The van der Waals surface area contributed by atoms with E-state index in [1.54, 1.807) is 0 Å². The molecule has 0 saturated heterocycles. The molecule has 150 valence electrons. The number of hydrogen-bond donors (Lipinski definition) is 1. The third kappa shape index (κ3) is 3.62. The van der Waals surface area contributed by atoms with Crippen LogP contribution in [0.3, 0.4) is 0 Å². The van der Waals surface area contributed by atoms with E-state index in [-0.39, 0.29) is 6.79 Å². The van der Waals surface area contributed by atoms with Gasteiger partial charge in [-0.25, -0.2) is 4.99 Å². The predicted octanol–water partition coefficient (Wildman–Crippen LogP) is 5.30. The Balaban J connectivity index is 1.48. The van der Waals surface area contributed by atoms with Crippen LogP contribution in [-0.4, -0.2) is 17.5 Å². The molecule has 2 aliphatic rings. The maximum absolute atomic E-state index is 6.17. The van der Waals surface area contributed by atoms with Crippen LogP contribution >= 0.6 is 0 Å². The third-order valence-electron chi connectivity index (χ3n) is 5.14. The molecule has 0 amide bonds. The summed E-state index contributed by atoms with van der Waals surface area (Å²) in [5.41, 5.74) is 7.03. The van der Waals surface area contributed by atoms with Gasteiger partial charge in [-0.15, -0.1) is 0 Å². The SMILES string of the molecule is Cc1cc(C)c(/C=C2\N=C(c3ccc4c(c3)OCO4)C=C2OCc2ccccc2)[nH]1. The number of nitrogens with zero attached hydrogens (tertiary/aromatic N) is 1. The predicted molar refractivity (Wildman–Crippen MR) is 117 cm³/mol. The van der Waals surface area contributed by atoms with Gasteiger partial charge in [-0.3, -0.25) is 0 Å². The molecular formula is C25H22N2O3. The van der Waals surface area contributed by atoms with Crippen molar-refractivity contribution in [2.24, 2.45) is 4.99 Å². The van der Waals surface area contributed by atoms with Crippen LogP contribution in [0.1, 0.15) is 28.1 Å². The summed E-state index contributed by atoms with van der Waals surface area (Å²) in [5, 5.41) is 0. The van der Waals surface area contributed by atoms with Crippen molar-refractivity contribution in [3.63, 3.8) is 0 Å². The molecule has 1 aromatic heterocycles. The van der Waals surface area contributed by atoms with E-state index in [4.69, 9.17) is 19.2 Å². The van der Waals surface area contributed by atoms with E-state index in [2.05, 4.69) is 30.1 Å². The molecule has 0 saturated carbocycles. The lowest BCUT2D eigenvalue weighted by Gasteiger charge is -2.08. The van der Waals surface area contributed by atoms with Gasteiger partial charge in [-0.2, -0.15) is 0 Å². The standard InChI is InChI=1S/C25H22N2O3/c1-16-10-17(2)26-20(16)12-22-24(28-14-18-6-4-3-5-7-18)13-21(27-22)19-8-9-23-25(11-19)30-15-29-23/h3-13,26H,14-15H2,1-2H3/b22-12-. The van der Waals surface area contributed by atoms with Gasteiger partial charge in [0.25, 0.3) is 0 Å². The van der Waals surface area contributed by atoms with Gasteiger partial charge in [0, 0.05) is 23.0 Å². The van der Waals surface area contributed by atoms with Crippen LogP contribution in [0.25, 0.3) is 6.08 Å². The first-order valence-electron chi connectivity index (χ1n) is 9.91. The minimum absolute atomic E-state index is 0.253. The highest BCUT2D eigenvalue weighted by Crippen LogP contribution is 2.34. The zero-order valence-corrected chi connectivity index (χ0v) is 16.9. The number of nitrogens with one attached hydrogen (secondary N) is 1. The quantitative estimate of drug-likeness (QED) is 0.634. The van der Waals surface area contributed by atoms with Crippen molar-refractivity contribution in [1.82, 2.24) is 4.98 Å². The minimum Gasteiger partial charge on any atom is -0.487 e. The molecule has 2 aromatic carbocycles. The molecule has 30 heavy (non-hydrogen) atoms. The Morgan fingerprint density at radius 1 is 1.03 bits per heavy atom. The van der Waals surface area contributed by atoms with Crippen LogP contribution in [0.2, 0.25) is 0 Å². The second-order valence-electron chi connectivity index (χ2n) is 7.43. The average molecular weight is 398 g/mol. The number of aromatic nitrogens is 1. The Kier molecular flexibility index (Phi) is 4.64. The van der Waals surface area contributed by atoms with Crippen LogP contribution in [0.5, 0.6) is 11.5 Å².